The average Bonchev–Trinajstić information content (AvgIpc) is 3.37. The lowest BCUT2D eigenvalue weighted by Crippen LogP contribution is -2.38. The number of non-ortho nitro benzene ring substituents is 1. The molecule has 0 radical (unpaired) electrons. The number of nitrogens with zero attached hydrogens (tertiary/aromatic N) is 3. The zero-order valence-electron chi connectivity index (χ0n) is 24.4. The molecule has 1 unspecified atom stereocenters. The third-order valence-corrected chi connectivity index (χ3v) is 10.5. The molecule has 2 aliphatic rings. The summed E-state index contributed by atoms with van der Waals surface area (Å²) in [6.07, 6.45) is 3.61. The van der Waals surface area contributed by atoms with Crippen LogP contribution < -0.4 is 24.4 Å². The number of hydrogen-bond acceptors (Lipinski definition) is 7. The molecule has 4 aromatic carbocycles. The van der Waals surface area contributed by atoms with Crippen molar-refractivity contribution in [2.45, 2.75) is 25.5 Å². The number of fused-ring (bicyclic) bond motifs is 3. The van der Waals surface area contributed by atoms with Crippen molar-refractivity contribution in [2.24, 2.45) is 4.99 Å². The standard InChI is InChI=1S/C35H25BrIN3O5S/c1-44-29-17-21(16-28(37)33(29)45-19-20-6-13-25(14-7-20)40(42)43)18-30-34(41)39-32(23-8-11-24(36)12-9-23)27-15-10-22-4-2-3-5-26(22)31(27)38-35(39)46-30/h2-9,11-14,16-18,32H,10,15,19H2,1H3/b30-18-. The summed E-state index contributed by atoms with van der Waals surface area (Å²) in [6, 6.07) is 26.4. The highest BCUT2D eigenvalue weighted by Gasteiger charge is 2.32. The molecule has 0 amide bonds. The molecule has 1 aromatic heterocycles. The zero-order valence-corrected chi connectivity index (χ0v) is 29.0. The fraction of sp³-hybridized carbons (Fsp3) is 0.143. The van der Waals surface area contributed by atoms with E-state index in [1.54, 1.807) is 19.2 Å². The lowest BCUT2D eigenvalue weighted by atomic mass is 9.83. The minimum atomic E-state index is -0.430. The lowest BCUT2D eigenvalue weighted by molar-refractivity contribution is -0.384. The van der Waals surface area contributed by atoms with E-state index in [2.05, 4.69) is 68.9 Å². The van der Waals surface area contributed by atoms with Crippen LogP contribution in [0.3, 0.4) is 0 Å². The molecule has 8 nitrogen and oxygen atoms in total. The summed E-state index contributed by atoms with van der Waals surface area (Å²) < 4.78 is 16.0. The number of rotatable bonds is 7. The topological polar surface area (TPSA) is 96.0 Å². The third-order valence-electron chi connectivity index (χ3n) is 8.14. The van der Waals surface area contributed by atoms with Crippen molar-refractivity contribution >= 4 is 67.3 Å². The van der Waals surface area contributed by atoms with Crippen molar-refractivity contribution in [1.29, 1.82) is 0 Å². The smallest absolute Gasteiger partial charge is 0.271 e. The van der Waals surface area contributed by atoms with Gasteiger partial charge < -0.3 is 9.47 Å². The maximum atomic E-state index is 14.2. The fourth-order valence-corrected chi connectivity index (χ4v) is 8.00. The van der Waals surface area contributed by atoms with E-state index in [0.29, 0.717) is 20.8 Å². The Morgan fingerprint density at radius 3 is 2.59 bits per heavy atom. The van der Waals surface area contributed by atoms with E-state index in [0.717, 1.165) is 54.4 Å². The maximum absolute atomic E-state index is 14.2. The Labute approximate surface area is 289 Å². The summed E-state index contributed by atoms with van der Waals surface area (Å²) >= 11 is 7.13. The van der Waals surface area contributed by atoms with E-state index in [1.165, 1.54) is 29.0 Å². The number of aromatic nitrogens is 1. The van der Waals surface area contributed by atoms with Crippen LogP contribution >= 0.6 is 49.9 Å². The Bertz CT molecular complexity index is 2230. The van der Waals surface area contributed by atoms with Gasteiger partial charge in [-0.2, -0.15) is 0 Å². The van der Waals surface area contributed by atoms with E-state index in [9.17, 15) is 14.9 Å². The largest absolute Gasteiger partial charge is 0.493 e. The first-order valence-corrected chi connectivity index (χ1v) is 17.1. The van der Waals surface area contributed by atoms with E-state index in [1.807, 2.05) is 41.0 Å². The predicted octanol–water partition coefficient (Wildman–Crippen LogP) is 7.18. The van der Waals surface area contributed by atoms with Crippen molar-refractivity contribution < 1.29 is 14.4 Å². The van der Waals surface area contributed by atoms with Gasteiger partial charge in [-0.05, 0) is 106 Å². The molecule has 5 aromatic rings. The quantitative estimate of drug-likeness (QED) is 0.0988. The highest BCUT2D eigenvalue weighted by atomic mass is 127. The summed E-state index contributed by atoms with van der Waals surface area (Å²) in [5.41, 5.74) is 7.10. The van der Waals surface area contributed by atoms with E-state index in [4.69, 9.17) is 14.5 Å². The molecule has 0 bridgehead atoms. The highest BCUT2D eigenvalue weighted by Crippen LogP contribution is 2.41. The van der Waals surface area contributed by atoms with Crippen LogP contribution in [-0.4, -0.2) is 16.6 Å². The molecule has 1 aliphatic heterocycles. The summed E-state index contributed by atoms with van der Waals surface area (Å²) in [5.74, 6) is 1.08. The van der Waals surface area contributed by atoms with Gasteiger partial charge in [-0.3, -0.25) is 19.5 Å². The monoisotopic (exact) mass is 805 g/mol. The van der Waals surface area contributed by atoms with E-state index < -0.39 is 4.92 Å². The molecule has 0 fully saturated rings. The van der Waals surface area contributed by atoms with Crippen molar-refractivity contribution in [3.8, 4) is 11.5 Å². The Morgan fingerprint density at radius 1 is 1.09 bits per heavy atom. The number of thiazole rings is 1. The zero-order chi connectivity index (χ0) is 31.9. The minimum absolute atomic E-state index is 0.0266. The Kier molecular flexibility index (Phi) is 8.38. The number of hydrogen-bond donors (Lipinski definition) is 0. The number of ether oxygens (including phenoxy) is 2. The van der Waals surface area contributed by atoms with Crippen LogP contribution in [0, 0.1) is 13.7 Å². The molecule has 0 saturated heterocycles. The summed E-state index contributed by atoms with van der Waals surface area (Å²) in [7, 11) is 1.57. The molecule has 7 rings (SSSR count). The number of nitro groups is 1. The van der Waals surface area contributed by atoms with Crippen LogP contribution in [0.1, 0.15) is 40.3 Å². The first-order valence-electron chi connectivity index (χ1n) is 14.4. The van der Waals surface area contributed by atoms with Crippen molar-refractivity contribution in [2.75, 3.05) is 7.11 Å². The molecule has 0 saturated carbocycles. The van der Waals surface area contributed by atoms with Gasteiger partial charge in [-0.1, -0.05) is 63.7 Å². The van der Waals surface area contributed by atoms with Gasteiger partial charge in [0.15, 0.2) is 16.3 Å². The van der Waals surface area contributed by atoms with Gasteiger partial charge >= 0.3 is 0 Å². The molecule has 0 N–H and O–H groups in total. The molecule has 46 heavy (non-hydrogen) atoms. The van der Waals surface area contributed by atoms with Gasteiger partial charge in [0.2, 0.25) is 0 Å². The van der Waals surface area contributed by atoms with Gasteiger partial charge in [-0.25, -0.2) is 4.99 Å². The van der Waals surface area contributed by atoms with E-state index in [-0.39, 0.29) is 23.9 Å². The number of methoxy groups -OCH3 is 1. The number of aryl methyl sites for hydroxylation is 1. The number of halogens is 2. The summed E-state index contributed by atoms with van der Waals surface area (Å²) in [6.45, 7) is 0.214. The average molecular weight is 806 g/mol. The third kappa shape index (κ3) is 5.71. The second-order valence-electron chi connectivity index (χ2n) is 10.9. The first kappa shape index (κ1) is 30.6. The van der Waals surface area contributed by atoms with Gasteiger partial charge in [0.05, 0.1) is 31.9 Å². The number of allylic oxidation sites excluding steroid dienone is 1. The molecule has 0 spiro atoms. The van der Waals surface area contributed by atoms with Crippen LogP contribution in [-0.2, 0) is 13.0 Å². The van der Waals surface area contributed by atoms with Crippen LogP contribution in [0.2, 0.25) is 0 Å². The SMILES string of the molecule is COc1cc(/C=c2\sc3n(c2=O)C(c2ccc(Br)cc2)C2=C(N=3)c3ccccc3CC2)cc(I)c1OCc1ccc([N+](=O)[O-])cc1. The number of benzene rings is 4. The molecule has 11 heteroatoms. The number of nitro benzene ring substituents is 1. The molecule has 230 valence electrons. The van der Waals surface area contributed by atoms with Crippen molar-refractivity contribution in [3.63, 3.8) is 0 Å². The second-order valence-corrected chi connectivity index (χ2v) is 14.0. The molecular formula is C35H25BrIN3O5S. The Hall–Kier alpha value is -4.07. The van der Waals surface area contributed by atoms with Crippen molar-refractivity contribution in [3.05, 3.63) is 156 Å². The predicted molar refractivity (Wildman–Crippen MR) is 190 cm³/mol. The Morgan fingerprint density at radius 2 is 1.85 bits per heavy atom. The fourth-order valence-electron chi connectivity index (χ4n) is 5.95. The van der Waals surface area contributed by atoms with Gasteiger partial charge in [0, 0.05) is 22.2 Å². The lowest BCUT2D eigenvalue weighted by Gasteiger charge is -2.30. The Balaban J connectivity index is 1.28. The molecular weight excluding hydrogens is 781 g/mol. The minimum Gasteiger partial charge on any atom is -0.493 e. The maximum Gasteiger partial charge on any atom is 0.271 e. The van der Waals surface area contributed by atoms with Crippen LogP contribution in [0.5, 0.6) is 11.5 Å². The molecule has 1 atom stereocenters. The summed E-state index contributed by atoms with van der Waals surface area (Å²) in [4.78, 5) is 30.5. The van der Waals surface area contributed by atoms with Crippen molar-refractivity contribution in [1.82, 2.24) is 4.57 Å². The first-order chi connectivity index (χ1) is 22.3. The van der Waals surface area contributed by atoms with Crippen LogP contribution in [0.4, 0.5) is 5.69 Å². The van der Waals surface area contributed by atoms with E-state index >= 15 is 0 Å². The summed E-state index contributed by atoms with van der Waals surface area (Å²) in [5, 5.41) is 11.0. The van der Waals surface area contributed by atoms with Crippen LogP contribution in [0.15, 0.2) is 105 Å². The normalized spacial score (nSPS) is 15.5. The van der Waals surface area contributed by atoms with Crippen LogP contribution in [0.25, 0.3) is 11.8 Å². The highest BCUT2D eigenvalue weighted by molar-refractivity contribution is 14.1. The molecule has 2 heterocycles. The van der Waals surface area contributed by atoms with Gasteiger partial charge in [-0.15, -0.1) is 0 Å². The van der Waals surface area contributed by atoms with Gasteiger partial charge in [0.1, 0.15) is 6.61 Å². The second kappa shape index (κ2) is 12.6. The molecule has 1 aliphatic carbocycles. The van der Waals surface area contributed by atoms with Gasteiger partial charge in [0.25, 0.3) is 11.2 Å².